The number of carboxylic acid groups (broad SMARTS) is 2. The largest absolute Gasteiger partial charge is 0.478 e. The third kappa shape index (κ3) is 4.74. The maximum atomic E-state index is 11.9. The maximum Gasteiger partial charge on any atom is 0.335 e. The zero-order valence-corrected chi connectivity index (χ0v) is 13.0. The van der Waals surface area contributed by atoms with Crippen LogP contribution in [0, 0.1) is 0 Å². The molecule has 2 aromatic rings. The van der Waals surface area contributed by atoms with Crippen molar-refractivity contribution < 1.29 is 34.1 Å². The summed E-state index contributed by atoms with van der Waals surface area (Å²) in [6, 6.07) is 11.8. The van der Waals surface area contributed by atoms with Crippen LogP contribution in [0.1, 0.15) is 31.8 Å². The highest BCUT2D eigenvalue weighted by molar-refractivity contribution is 5.94. The van der Waals surface area contributed by atoms with Crippen molar-refractivity contribution in [2.45, 2.75) is 12.8 Å². The summed E-state index contributed by atoms with van der Waals surface area (Å²) in [6.45, 7) is 0. The van der Waals surface area contributed by atoms with Gasteiger partial charge in [0.25, 0.3) is 0 Å². The Morgan fingerprint density at radius 3 is 1.40 bits per heavy atom. The second kappa shape index (κ2) is 7.87. The molecule has 0 aliphatic heterocycles. The van der Waals surface area contributed by atoms with E-state index < -0.39 is 23.9 Å². The Morgan fingerprint density at radius 1 is 0.680 bits per heavy atom. The SMILES string of the molecule is O=C(Cc1ccccc1C(=O)O)OC(=O)Cc1ccccc1C(=O)O. The average Bonchev–Trinajstić information content (AvgIpc) is 2.55. The Hall–Kier alpha value is -3.48. The van der Waals surface area contributed by atoms with Crippen LogP contribution in [0.2, 0.25) is 0 Å². The topological polar surface area (TPSA) is 118 Å². The van der Waals surface area contributed by atoms with Crippen LogP contribution in [0.4, 0.5) is 0 Å². The lowest BCUT2D eigenvalue weighted by atomic mass is 10.0. The van der Waals surface area contributed by atoms with Crippen LogP contribution >= 0.6 is 0 Å². The molecule has 0 bridgehead atoms. The molecule has 0 unspecified atom stereocenters. The minimum atomic E-state index is -1.19. The van der Waals surface area contributed by atoms with Crippen LogP contribution in [0.3, 0.4) is 0 Å². The van der Waals surface area contributed by atoms with E-state index >= 15 is 0 Å². The molecule has 2 N–H and O–H groups in total. The zero-order chi connectivity index (χ0) is 18.4. The smallest absolute Gasteiger partial charge is 0.335 e. The molecule has 0 fully saturated rings. The molecular formula is C18H14O7. The molecule has 7 nitrogen and oxygen atoms in total. The molecule has 0 radical (unpaired) electrons. The molecule has 0 aliphatic carbocycles. The fourth-order valence-corrected chi connectivity index (χ4v) is 2.28. The standard InChI is InChI=1S/C18H14O7/c19-15(9-11-5-1-3-7-13(11)17(21)22)25-16(20)10-12-6-2-4-8-14(12)18(23)24/h1-8H,9-10H2,(H,21,22)(H,23,24). The molecule has 0 saturated heterocycles. The van der Waals surface area contributed by atoms with Gasteiger partial charge in [0.05, 0.1) is 24.0 Å². The Balaban J connectivity index is 2.03. The summed E-state index contributed by atoms with van der Waals surface area (Å²) < 4.78 is 4.66. The van der Waals surface area contributed by atoms with Gasteiger partial charge in [-0.2, -0.15) is 0 Å². The molecule has 0 atom stereocenters. The van der Waals surface area contributed by atoms with Gasteiger partial charge in [-0.05, 0) is 23.3 Å². The lowest BCUT2D eigenvalue weighted by Gasteiger charge is -2.07. The van der Waals surface area contributed by atoms with Gasteiger partial charge < -0.3 is 14.9 Å². The van der Waals surface area contributed by atoms with Crippen LogP contribution in [0.5, 0.6) is 0 Å². The highest BCUT2D eigenvalue weighted by Gasteiger charge is 2.18. The number of carbonyl (C=O) groups excluding carboxylic acids is 2. The lowest BCUT2D eigenvalue weighted by molar-refractivity contribution is -0.158. The number of carboxylic acids is 2. The number of benzene rings is 2. The van der Waals surface area contributed by atoms with Crippen molar-refractivity contribution in [1.82, 2.24) is 0 Å². The fourth-order valence-electron chi connectivity index (χ4n) is 2.28. The molecule has 128 valence electrons. The summed E-state index contributed by atoms with van der Waals surface area (Å²) >= 11 is 0. The molecule has 0 aromatic heterocycles. The zero-order valence-electron chi connectivity index (χ0n) is 13.0. The number of rotatable bonds is 6. The summed E-state index contributed by atoms with van der Waals surface area (Å²) in [4.78, 5) is 45.9. The molecule has 7 heteroatoms. The van der Waals surface area contributed by atoms with Crippen molar-refractivity contribution in [2.24, 2.45) is 0 Å². The molecule has 25 heavy (non-hydrogen) atoms. The first kappa shape index (κ1) is 17.9. The Kier molecular flexibility index (Phi) is 5.62. The van der Waals surface area contributed by atoms with Crippen molar-refractivity contribution in [3.63, 3.8) is 0 Å². The summed E-state index contributed by atoms with van der Waals surface area (Å²) in [5, 5.41) is 18.1. The van der Waals surface area contributed by atoms with E-state index in [-0.39, 0.29) is 35.1 Å². The number of aromatic carboxylic acids is 2. The molecule has 0 heterocycles. The van der Waals surface area contributed by atoms with Gasteiger partial charge in [0.1, 0.15) is 0 Å². The van der Waals surface area contributed by atoms with Gasteiger partial charge in [0.2, 0.25) is 0 Å². The normalized spacial score (nSPS) is 10.1. The van der Waals surface area contributed by atoms with Gasteiger partial charge in [-0.25, -0.2) is 9.59 Å². The molecule has 0 saturated carbocycles. The Labute approximate surface area is 142 Å². The highest BCUT2D eigenvalue weighted by Crippen LogP contribution is 2.12. The maximum absolute atomic E-state index is 11.9. The second-order valence-electron chi connectivity index (χ2n) is 5.12. The van der Waals surface area contributed by atoms with Crippen molar-refractivity contribution in [3.05, 3.63) is 70.8 Å². The summed E-state index contributed by atoms with van der Waals surface area (Å²) in [5.74, 6) is -4.20. The number of ether oxygens (including phenoxy) is 1. The van der Waals surface area contributed by atoms with Gasteiger partial charge in [0.15, 0.2) is 0 Å². The van der Waals surface area contributed by atoms with E-state index in [1.165, 1.54) is 36.4 Å². The van der Waals surface area contributed by atoms with E-state index in [0.717, 1.165) is 0 Å². The van der Waals surface area contributed by atoms with Crippen molar-refractivity contribution in [2.75, 3.05) is 0 Å². The summed E-state index contributed by atoms with van der Waals surface area (Å²) in [6.07, 6.45) is -0.760. The van der Waals surface area contributed by atoms with Crippen molar-refractivity contribution >= 4 is 23.9 Å². The lowest BCUT2D eigenvalue weighted by Crippen LogP contribution is -2.18. The average molecular weight is 342 g/mol. The van der Waals surface area contributed by atoms with Crippen LogP contribution in [0.25, 0.3) is 0 Å². The molecule has 0 spiro atoms. The van der Waals surface area contributed by atoms with Crippen LogP contribution < -0.4 is 0 Å². The highest BCUT2D eigenvalue weighted by atomic mass is 16.6. The van der Waals surface area contributed by atoms with E-state index in [1.807, 2.05) is 0 Å². The first-order valence-corrected chi connectivity index (χ1v) is 7.24. The van der Waals surface area contributed by atoms with Gasteiger partial charge in [-0.1, -0.05) is 36.4 Å². The van der Waals surface area contributed by atoms with E-state index in [0.29, 0.717) is 0 Å². The van der Waals surface area contributed by atoms with Gasteiger partial charge in [-0.15, -0.1) is 0 Å². The van der Waals surface area contributed by atoms with E-state index in [2.05, 4.69) is 4.74 Å². The third-order valence-electron chi connectivity index (χ3n) is 3.39. The monoisotopic (exact) mass is 342 g/mol. The van der Waals surface area contributed by atoms with Gasteiger partial charge >= 0.3 is 23.9 Å². The minimum Gasteiger partial charge on any atom is -0.478 e. The molecule has 0 amide bonds. The Bertz CT molecular complexity index is 769. The van der Waals surface area contributed by atoms with Crippen molar-refractivity contribution in [1.29, 1.82) is 0 Å². The van der Waals surface area contributed by atoms with Gasteiger partial charge in [0, 0.05) is 0 Å². The summed E-state index contributed by atoms with van der Waals surface area (Å²) in [5.41, 5.74) is 0.337. The van der Waals surface area contributed by atoms with Crippen molar-refractivity contribution in [3.8, 4) is 0 Å². The number of carbonyl (C=O) groups is 4. The number of hydrogen-bond acceptors (Lipinski definition) is 5. The number of hydrogen-bond donors (Lipinski definition) is 2. The molecular weight excluding hydrogens is 328 g/mol. The predicted molar refractivity (Wildman–Crippen MR) is 85.3 cm³/mol. The third-order valence-corrected chi connectivity index (χ3v) is 3.39. The van der Waals surface area contributed by atoms with Crippen LogP contribution in [-0.2, 0) is 27.2 Å². The first-order chi connectivity index (χ1) is 11.9. The second-order valence-corrected chi connectivity index (χ2v) is 5.12. The molecule has 2 aromatic carbocycles. The van der Waals surface area contributed by atoms with Gasteiger partial charge in [-0.3, -0.25) is 9.59 Å². The molecule has 2 rings (SSSR count). The molecule has 0 aliphatic rings. The quantitative estimate of drug-likeness (QED) is 0.608. The predicted octanol–water partition coefficient (Wildman–Crippen LogP) is 1.94. The minimum absolute atomic E-state index is 0.0527. The fraction of sp³-hybridized carbons (Fsp3) is 0.111. The van der Waals surface area contributed by atoms with Crippen LogP contribution in [-0.4, -0.2) is 34.1 Å². The van der Waals surface area contributed by atoms with E-state index in [4.69, 9.17) is 10.2 Å². The first-order valence-electron chi connectivity index (χ1n) is 7.24. The van der Waals surface area contributed by atoms with Crippen LogP contribution in [0.15, 0.2) is 48.5 Å². The summed E-state index contributed by atoms with van der Waals surface area (Å²) in [7, 11) is 0. The van der Waals surface area contributed by atoms with E-state index in [9.17, 15) is 19.2 Å². The Morgan fingerprint density at radius 2 is 1.04 bits per heavy atom. The number of esters is 2. The van der Waals surface area contributed by atoms with E-state index in [1.54, 1.807) is 12.1 Å².